The molecule has 0 fully saturated rings. The minimum absolute atomic E-state index is 0.123. The molecule has 120 valence electrons. The zero-order valence-electron chi connectivity index (χ0n) is 14.0. The first-order valence-corrected chi connectivity index (χ1v) is 7.48. The molecule has 2 aromatic rings. The SMILES string of the molecule is COc1ccc(C(=O)N/N=C/c2ccc(C(C)(C)C)cc2)cc1. The molecule has 1 amide bonds. The number of hydrogen-bond donors (Lipinski definition) is 1. The summed E-state index contributed by atoms with van der Waals surface area (Å²) in [6, 6.07) is 15.0. The van der Waals surface area contributed by atoms with E-state index in [1.807, 2.05) is 12.1 Å². The lowest BCUT2D eigenvalue weighted by atomic mass is 9.87. The molecule has 0 atom stereocenters. The van der Waals surface area contributed by atoms with Gasteiger partial charge in [0.1, 0.15) is 5.75 Å². The molecule has 0 aliphatic rings. The van der Waals surface area contributed by atoms with E-state index >= 15 is 0 Å². The van der Waals surface area contributed by atoms with Crippen molar-refractivity contribution in [1.82, 2.24) is 5.43 Å². The van der Waals surface area contributed by atoms with E-state index < -0.39 is 0 Å². The Morgan fingerprint density at radius 2 is 1.65 bits per heavy atom. The summed E-state index contributed by atoms with van der Waals surface area (Å²) in [5.41, 5.74) is 5.38. The molecule has 0 unspecified atom stereocenters. The fraction of sp³-hybridized carbons (Fsp3) is 0.263. The molecule has 0 radical (unpaired) electrons. The molecule has 0 heterocycles. The summed E-state index contributed by atoms with van der Waals surface area (Å²) in [6.45, 7) is 6.52. The van der Waals surface area contributed by atoms with Gasteiger partial charge in [0.05, 0.1) is 13.3 Å². The fourth-order valence-corrected chi connectivity index (χ4v) is 2.04. The molecule has 0 aliphatic heterocycles. The lowest BCUT2D eigenvalue weighted by Crippen LogP contribution is -2.17. The van der Waals surface area contributed by atoms with Gasteiger partial charge in [-0.2, -0.15) is 5.10 Å². The summed E-state index contributed by atoms with van der Waals surface area (Å²) in [7, 11) is 1.59. The van der Waals surface area contributed by atoms with Gasteiger partial charge in [-0.25, -0.2) is 5.43 Å². The Morgan fingerprint density at radius 1 is 1.04 bits per heavy atom. The molecule has 0 spiro atoms. The quantitative estimate of drug-likeness (QED) is 0.690. The number of hydrazone groups is 1. The predicted octanol–water partition coefficient (Wildman–Crippen LogP) is 3.76. The standard InChI is InChI=1S/C19H22N2O2/c1-19(2,3)16-9-5-14(6-10-16)13-20-21-18(22)15-7-11-17(23-4)12-8-15/h5-13H,1-4H3,(H,21,22)/b20-13+. The van der Waals surface area contributed by atoms with Gasteiger partial charge >= 0.3 is 0 Å². The number of benzene rings is 2. The van der Waals surface area contributed by atoms with Crippen LogP contribution in [0.25, 0.3) is 0 Å². The molecular weight excluding hydrogens is 288 g/mol. The van der Waals surface area contributed by atoms with Crippen LogP contribution in [0, 0.1) is 0 Å². The number of rotatable bonds is 4. The van der Waals surface area contributed by atoms with Crippen molar-refractivity contribution in [3.63, 3.8) is 0 Å². The third-order valence-electron chi connectivity index (χ3n) is 3.51. The second kappa shape index (κ2) is 7.09. The van der Waals surface area contributed by atoms with Crippen molar-refractivity contribution >= 4 is 12.1 Å². The van der Waals surface area contributed by atoms with Gasteiger partial charge in [-0.1, -0.05) is 45.0 Å². The number of methoxy groups -OCH3 is 1. The van der Waals surface area contributed by atoms with Gasteiger partial charge in [0.25, 0.3) is 5.91 Å². The Balaban J connectivity index is 1.96. The first kappa shape index (κ1) is 16.7. The number of nitrogens with one attached hydrogen (secondary N) is 1. The van der Waals surface area contributed by atoms with Crippen LogP contribution < -0.4 is 10.2 Å². The van der Waals surface area contributed by atoms with Gasteiger partial charge in [0.2, 0.25) is 0 Å². The van der Waals surface area contributed by atoms with Gasteiger partial charge in [0, 0.05) is 5.56 Å². The first-order chi connectivity index (χ1) is 10.9. The van der Waals surface area contributed by atoms with E-state index in [0.717, 1.165) is 5.56 Å². The number of amides is 1. The van der Waals surface area contributed by atoms with E-state index in [4.69, 9.17) is 4.74 Å². The Kier molecular flexibility index (Phi) is 5.16. The van der Waals surface area contributed by atoms with E-state index in [2.05, 4.69) is 43.4 Å². The van der Waals surface area contributed by atoms with E-state index in [9.17, 15) is 4.79 Å². The third-order valence-corrected chi connectivity index (χ3v) is 3.51. The van der Waals surface area contributed by atoms with Crippen molar-refractivity contribution in [3.8, 4) is 5.75 Å². The molecule has 0 aromatic heterocycles. The van der Waals surface area contributed by atoms with Crippen molar-refractivity contribution < 1.29 is 9.53 Å². The van der Waals surface area contributed by atoms with Gasteiger partial charge in [-0.05, 0) is 40.8 Å². The Bertz CT molecular complexity index is 681. The topological polar surface area (TPSA) is 50.7 Å². The van der Waals surface area contributed by atoms with Crippen molar-refractivity contribution in [2.24, 2.45) is 5.10 Å². The number of carbonyl (C=O) groups excluding carboxylic acids is 1. The number of ether oxygens (including phenoxy) is 1. The maximum Gasteiger partial charge on any atom is 0.271 e. The minimum atomic E-state index is -0.254. The summed E-state index contributed by atoms with van der Waals surface area (Å²) in [4.78, 5) is 12.0. The van der Waals surface area contributed by atoms with Gasteiger partial charge in [0.15, 0.2) is 0 Å². The maximum absolute atomic E-state index is 12.0. The first-order valence-electron chi connectivity index (χ1n) is 7.48. The molecule has 2 rings (SSSR count). The van der Waals surface area contributed by atoms with Crippen LogP contribution in [-0.4, -0.2) is 19.2 Å². The third kappa shape index (κ3) is 4.68. The number of nitrogens with zero attached hydrogens (tertiary/aromatic N) is 1. The lowest BCUT2D eigenvalue weighted by Gasteiger charge is -2.18. The van der Waals surface area contributed by atoms with Crippen LogP contribution in [0.4, 0.5) is 0 Å². The Labute approximate surface area is 137 Å². The van der Waals surface area contributed by atoms with E-state index in [1.54, 1.807) is 37.6 Å². The molecule has 0 bridgehead atoms. The number of hydrogen-bond acceptors (Lipinski definition) is 3. The summed E-state index contributed by atoms with van der Waals surface area (Å²) in [5, 5.41) is 4.00. The number of carbonyl (C=O) groups is 1. The highest BCUT2D eigenvalue weighted by Gasteiger charge is 2.12. The average Bonchev–Trinajstić information content (AvgIpc) is 2.54. The second-order valence-corrected chi connectivity index (χ2v) is 6.30. The van der Waals surface area contributed by atoms with E-state index in [1.165, 1.54) is 5.56 Å². The van der Waals surface area contributed by atoms with Crippen molar-refractivity contribution in [2.45, 2.75) is 26.2 Å². The average molecular weight is 310 g/mol. The molecule has 0 saturated heterocycles. The highest BCUT2D eigenvalue weighted by atomic mass is 16.5. The fourth-order valence-electron chi connectivity index (χ4n) is 2.04. The van der Waals surface area contributed by atoms with Crippen molar-refractivity contribution in [1.29, 1.82) is 0 Å². The van der Waals surface area contributed by atoms with Crippen LogP contribution in [0.2, 0.25) is 0 Å². The zero-order valence-corrected chi connectivity index (χ0v) is 14.0. The smallest absolute Gasteiger partial charge is 0.271 e. The highest BCUT2D eigenvalue weighted by Crippen LogP contribution is 2.21. The van der Waals surface area contributed by atoms with Crippen LogP contribution in [0.15, 0.2) is 53.6 Å². The summed E-state index contributed by atoms with van der Waals surface area (Å²) >= 11 is 0. The second-order valence-electron chi connectivity index (χ2n) is 6.30. The monoisotopic (exact) mass is 310 g/mol. The Morgan fingerprint density at radius 3 is 2.17 bits per heavy atom. The van der Waals surface area contributed by atoms with Gasteiger partial charge in [-0.15, -0.1) is 0 Å². The van der Waals surface area contributed by atoms with Crippen molar-refractivity contribution in [3.05, 3.63) is 65.2 Å². The Hall–Kier alpha value is -2.62. The molecule has 4 heteroatoms. The molecule has 2 aromatic carbocycles. The molecule has 0 aliphatic carbocycles. The van der Waals surface area contributed by atoms with E-state index in [0.29, 0.717) is 11.3 Å². The summed E-state index contributed by atoms with van der Waals surface area (Å²) in [5.74, 6) is 0.458. The van der Waals surface area contributed by atoms with Crippen LogP contribution in [0.3, 0.4) is 0 Å². The highest BCUT2D eigenvalue weighted by molar-refractivity contribution is 5.95. The molecule has 23 heavy (non-hydrogen) atoms. The van der Waals surface area contributed by atoms with Crippen molar-refractivity contribution in [2.75, 3.05) is 7.11 Å². The van der Waals surface area contributed by atoms with Crippen LogP contribution in [0.5, 0.6) is 5.75 Å². The summed E-state index contributed by atoms with van der Waals surface area (Å²) in [6.07, 6.45) is 1.63. The normalized spacial score (nSPS) is 11.5. The predicted molar refractivity (Wildman–Crippen MR) is 93.2 cm³/mol. The maximum atomic E-state index is 12.0. The largest absolute Gasteiger partial charge is 0.497 e. The van der Waals surface area contributed by atoms with Gasteiger partial charge < -0.3 is 4.74 Å². The van der Waals surface area contributed by atoms with Gasteiger partial charge in [-0.3, -0.25) is 4.79 Å². The van der Waals surface area contributed by atoms with Crippen LogP contribution in [0.1, 0.15) is 42.3 Å². The van der Waals surface area contributed by atoms with Crippen LogP contribution in [-0.2, 0) is 5.41 Å². The minimum Gasteiger partial charge on any atom is -0.497 e. The molecular formula is C19H22N2O2. The zero-order chi connectivity index (χ0) is 16.9. The lowest BCUT2D eigenvalue weighted by molar-refractivity contribution is 0.0955. The molecule has 4 nitrogen and oxygen atoms in total. The van der Waals surface area contributed by atoms with Crippen LogP contribution >= 0.6 is 0 Å². The molecule has 0 saturated carbocycles. The summed E-state index contributed by atoms with van der Waals surface area (Å²) < 4.78 is 5.06. The molecule has 1 N–H and O–H groups in total. The van der Waals surface area contributed by atoms with E-state index in [-0.39, 0.29) is 11.3 Å².